The third-order valence-electron chi connectivity index (χ3n) is 1.15. The molecule has 0 N–H and O–H groups in total. The first-order chi connectivity index (χ1) is 4.52. The minimum atomic E-state index is -1.52. The topological polar surface area (TPSA) is 43.4 Å². The fourth-order valence-electron chi connectivity index (χ4n) is 0.590. The predicted molar refractivity (Wildman–Crippen MR) is 34.8 cm³/mol. The van der Waals surface area contributed by atoms with Gasteiger partial charge in [-0.2, -0.15) is 0 Å². The van der Waals surface area contributed by atoms with Gasteiger partial charge in [-0.25, -0.2) is 4.79 Å². The molecule has 0 atom stereocenters. The number of esters is 2. The summed E-state index contributed by atoms with van der Waals surface area (Å²) in [5, 5.41) is 0. The highest BCUT2D eigenvalue weighted by atomic mass is 35.5. The van der Waals surface area contributed by atoms with E-state index in [1.165, 1.54) is 0 Å². The van der Waals surface area contributed by atoms with Crippen molar-refractivity contribution in [3.05, 3.63) is 0 Å². The average molecular weight is 183 g/mol. The Morgan fingerprint density at radius 2 is 2.00 bits per heavy atom. The highest BCUT2D eigenvalue weighted by molar-refractivity contribution is 6.58. The fourth-order valence-corrected chi connectivity index (χ4v) is 0.856. The van der Waals surface area contributed by atoms with Crippen LogP contribution in [-0.4, -0.2) is 16.3 Å². The molecular formula is C5H4Cl2O3. The van der Waals surface area contributed by atoms with E-state index in [1.54, 1.807) is 0 Å². The number of alkyl halides is 2. The molecule has 10 heavy (non-hydrogen) atoms. The van der Waals surface area contributed by atoms with E-state index in [0.29, 0.717) is 0 Å². The van der Waals surface area contributed by atoms with E-state index in [2.05, 4.69) is 4.74 Å². The van der Waals surface area contributed by atoms with E-state index in [4.69, 9.17) is 23.2 Å². The molecule has 0 aromatic rings. The van der Waals surface area contributed by atoms with Gasteiger partial charge in [0, 0.05) is 12.8 Å². The first-order valence-corrected chi connectivity index (χ1v) is 3.41. The number of rotatable bonds is 0. The van der Waals surface area contributed by atoms with Gasteiger partial charge in [0.2, 0.25) is 4.33 Å². The summed E-state index contributed by atoms with van der Waals surface area (Å²) in [4.78, 5) is 21.0. The van der Waals surface area contributed by atoms with Crippen LogP contribution in [0.2, 0.25) is 0 Å². The Balaban J connectivity index is 2.70. The van der Waals surface area contributed by atoms with Crippen LogP contribution >= 0.6 is 23.2 Å². The molecule has 1 heterocycles. The van der Waals surface area contributed by atoms with Crippen molar-refractivity contribution in [2.24, 2.45) is 0 Å². The molecule has 0 saturated carbocycles. The molecule has 0 radical (unpaired) electrons. The van der Waals surface area contributed by atoms with E-state index in [9.17, 15) is 9.59 Å². The molecule has 0 amide bonds. The second-order valence-corrected chi connectivity index (χ2v) is 3.45. The molecule has 5 heteroatoms. The minimum absolute atomic E-state index is 0.0960. The molecule has 56 valence electrons. The molecular weight excluding hydrogens is 179 g/mol. The molecule has 0 aliphatic carbocycles. The van der Waals surface area contributed by atoms with Crippen molar-refractivity contribution in [1.82, 2.24) is 0 Å². The number of carbonyl (C=O) groups excluding carboxylic acids is 2. The average Bonchev–Trinajstić information content (AvgIpc) is 1.81. The summed E-state index contributed by atoms with van der Waals surface area (Å²) in [5.41, 5.74) is 0. The lowest BCUT2D eigenvalue weighted by molar-refractivity contribution is -0.163. The third kappa shape index (κ3) is 1.41. The van der Waals surface area contributed by atoms with Gasteiger partial charge >= 0.3 is 11.9 Å². The second kappa shape index (κ2) is 2.40. The third-order valence-corrected chi connectivity index (χ3v) is 1.83. The molecule has 1 aliphatic heterocycles. The maximum Gasteiger partial charge on any atom is 0.350 e. The highest BCUT2D eigenvalue weighted by Gasteiger charge is 2.41. The summed E-state index contributed by atoms with van der Waals surface area (Å²) >= 11 is 10.9. The van der Waals surface area contributed by atoms with Crippen LogP contribution in [0, 0.1) is 0 Å². The van der Waals surface area contributed by atoms with Gasteiger partial charge in [0.05, 0.1) is 0 Å². The lowest BCUT2D eigenvalue weighted by Gasteiger charge is -2.20. The van der Waals surface area contributed by atoms with E-state index < -0.39 is 16.3 Å². The standard InChI is InChI=1S/C5H4Cl2O3/c6-5(7)2-1-3(8)10-4(5)9/h1-2H2. The zero-order valence-electron chi connectivity index (χ0n) is 4.89. The van der Waals surface area contributed by atoms with Crippen LogP contribution in [0.1, 0.15) is 12.8 Å². The smallest absolute Gasteiger partial charge is 0.350 e. The number of carbonyl (C=O) groups is 2. The number of cyclic esters (lactones) is 2. The minimum Gasteiger partial charge on any atom is -0.391 e. The van der Waals surface area contributed by atoms with Crippen LogP contribution in [0.4, 0.5) is 0 Å². The Kier molecular flexibility index (Phi) is 1.88. The first-order valence-electron chi connectivity index (χ1n) is 2.65. The molecule has 3 nitrogen and oxygen atoms in total. The van der Waals surface area contributed by atoms with Crippen molar-refractivity contribution >= 4 is 35.1 Å². The Morgan fingerprint density at radius 1 is 1.40 bits per heavy atom. The lowest BCUT2D eigenvalue weighted by atomic mass is 10.2. The molecule has 0 unspecified atom stereocenters. The Morgan fingerprint density at radius 3 is 2.40 bits per heavy atom. The molecule has 0 aromatic heterocycles. The van der Waals surface area contributed by atoms with Crippen LogP contribution in [-0.2, 0) is 14.3 Å². The van der Waals surface area contributed by atoms with Crippen molar-refractivity contribution < 1.29 is 14.3 Å². The molecule has 1 fully saturated rings. The van der Waals surface area contributed by atoms with Gasteiger partial charge in [-0.15, -0.1) is 0 Å². The summed E-state index contributed by atoms with van der Waals surface area (Å²) in [6.07, 6.45) is 0.229. The zero-order chi connectivity index (χ0) is 7.78. The summed E-state index contributed by atoms with van der Waals surface area (Å²) in [6, 6.07) is 0. The van der Waals surface area contributed by atoms with Gasteiger partial charge in [0.1, 0.15) is 0 Å². The molecule has 0 spiro atoms. The molecule has 0 aromatic carbocycles. The van der Waals surface area contributed by atoms with Crippen LogP contribution in [0.15, 0.2) is 0 Å². The van der Waals surface area contributed by atoms with Crippen LogP contribution < -0.4 is 0 Å². The van der Waals surface area contributed by atoms with Gasteiger partial charge in [-0.3, -0.25) is 4.79 Å². The Labute approximate surface area is 67.2 Å². The first kappa shape index (κ1) is 7.82. The van der Waals surface area contributed by atoms with Crippen LogP contribution in [0.3, 0.4) is 0 Å². The molecule has 1 aliphatic rings. The number of hydrogen-bond donors (Lipinski definition) is 0. The van der Waals surface area contributed by atoms with Gasteiger partial charge in [0.25, 0.3) is 0 Å². The van der Waals surface area contributed by atoms with Crippen LogP contribution in [0.25, 0.3) is 0 Å². The van der Waals surface area contributed by atoms with Gasteiger partial charge < -0.3 is 4.74 Å². The van der Waals surface area contributed by atoms with Crippen molar-refractivity contribution in [2.75, 3.05) is 0 Å². The summed E-state index contributed by atoms with van der Waals surface area (Å²) in [6.45, 7) is 0. The Hall–Kier alpha value is -0.280. The zero-order valence-corrected chi connectivity index (χ0v) is 6.41. The predicted octanol–water partition coefficient (Wildman–Crippen LogP) is 1.02. The van der Waals surface area contributed by atoms with Gasteiger partial charge in [-0.1, -0.05) is 23.2 Å². The van der Waals surface area contributed by atoms with E-state index in [-0.39, 0.29) is 12.8 Å². The highest BCUT2D eigenvalue weighted by Crippen LogP contribution is 2.31. The van der Waals surface area contributed by atoms with Crippen molar-refractivity contribution in [3.63, 3.8) is 0 Å². The monoisotopic (exact) mass is 182 g/mol. The second-order valence-electron chi connectivity index (χ2n) is 1.97. The number of ether oxygens (including phenoxy) is 1. The van der Waals surface area contributed by atoms with E-state index >= 15 is 0 Å². The van der Waals surface area contributed by atoms with E-state index in [1.807, 2.05) is 0 Å². The number of halogens is 2. The van der Waals surface area contributed by atoms with Crippen molar-refractivity contribution in [1.29, 1.82) is 0 Å². The van der Waals surface area contributed by atoms with Crippen molar-refractivity contribution in [3.8, 4) is 0 Å². The molecule has 1 saturated heterocycles. The molecule has 1 rings (SSSR count). The van der Waals surface area contributed by atoms with Gasteiger partial charge in [-0.05, 0) is 0 Å². The normalized spacial score (nSPS) is 24.2. The van der Waals surface area contributed by atoms with E-state index in [0.717, 1.165) is 0 Å². The summed E-state index contributed by atoms with van der Waals surface area (Å²) < 4.78 is 2.64. The van der Waals surface area contributed by atoms with Crippen molar-refractivity contribution in [2.45, 2.75) is 17.2 Å². The largest absolute Gasteiger partial charge is 0.391 e. The SMILES string of the molecule is O=C1CCC(Cl)(Cl)C(=O)O1. The van der Waals surface area contributed by atoms with Gasteiger partial charge in [0.15, 0.2) is 0 Å². The van der Waals surface area contributed by atoms with Crippen LogP contribution in [0.5, 0.6) is 0 Å². The fraction of sp³-hybridized carbons (Fsp3) is 0.600. The summed E-state index contributed by atoms with van der Waals surface area (Å²) in [5.74, 6) is -1.44. The molecule has 0 bridgehead atoms. The quantitative estimate of drug-likeness (QED) is 0.320. The maximum absolute atomic E-state index is 10.6. The number of hydrogen-bond acceptors (Lipinski definition) is 3. The Bertz CT molecular complexity index is 187. The maximum atomic E-state index is 10.6. The lowest BCUT2D eigenvalue weighted by Crippen LogP contribution is -2.35. The summed E-state index contributed by atoms with van der Waals surface area (Å²) in [7, 11) is 0.